The Morgan fingerprint density at radius 1 is 1.16 bits per heavy atom. The minimum atomic E-state index is -1.43. The fraction of sp³-hybridized carbons (Fsp3) is 0.727. The van der Waals surface area contributed by atoms with Gasteiger partial charge in [0.2, 0.25) is 6.10 Å². The first-order chi connectivity index (χ1) is 8.97. The second-order valence-corrected chi connectivity index (χ2v) is 4.01. The summed E-state index contributed by atoms with van der Waals surface area (Å²) in [6.45, 7) is 1.23. The van der Waals surface area contributed by atoms with Crippen LogP contribution in [0.25, 0.3) is 0 Å². The van der Waals surface area contributed by atoms with Crippen LogP contribution < -0.4 is 11.1 Å². The molecule has 0 aliphatic carbocycles. The van der Waals surface area contributed by atoms with E-state index in [1.807, 2.05) is 0 Å². The molecule has 0 aromatic rings. The third-order valence-electron chi connectivity index (χ3n) is 2.34. The van der Waals surface area contributed by atoms with Gasteiger partial charge in [0.25, 0.3) is 0 Å². The molecule has 1 amide bonds. The number of hydrogen-bond donors (Lipinski definition) is 4. The highest BCUT2D eigenvalue weighted by Gasteiger charge is 2.22. The highest BCUT2D eigenvalue weighted by Crippen LogP contribution is 2.03. The molecule has 8 nitrogen and oxygen atoms in total. The highest BCUT2D eigenvalue weighted by atomic mass is 16.6. The number of alkyl carbamates (subject to hydrolysis) is 1. The highest BCUT2D eigenvalue weighted by molar-refractivity contribution is 5.78. The number of rotatable bonds is 10. The molecule has 1 atom stereocenters. The van der Waals surface area contributed by atoms with E-state index in [-0.39, 0.29) is 12.8 Å². The third-order valence-corrected chi connectivity index (χ3v) is 2.34. The molecule has 0 fully saturated rings. The third kappa shape index (κ3) is 9.83. The zero-order chi connectivity index (χ0) is 14.7. The molecular formula is C11H21N2O6+. The molecule has 0 saturated heterocycles. The number of amides is 1. The van der Waals surface area contributed by atoms with Crippen molar-refractivity contribution in [2.45, 2.75) is 38.2 Å². The molecule has 0 heterocycles. The lowest BCUT2D eigenvalue weighted by Crippen LogP contribution is -2.50. The lowest BCUT2D eigenvalue weighted by molar-refractivity contribution is -0.368. The van der Waals surface area contributed by atoms with Crippen molar-refractivity contribution in [2.75, 3.05) is 13.1 Å². The van der Waals surface area contributed by atoms with Gasteiger partial charge in [-0.3, -0.25) is 4.79 Å². The molecule has 0 saturated carbocycles. The van der Waals surface area contributed by atoms with Crippen molar-refractivity contribution in [1.82, 2.24) is 5.32 Å². The zero-order valence-electron chi connectivity index (χ0n) is 10.8. The Labute approximate surface area is 110 Å². The Bertz CT molecular complexity index is 308. The summed E-state index contributed by atoms with van der Waals surface area (Å²) in [5.74, 6) is -2.49. The van der Waals surface area contributed by atoms with Crippen LogP contribution in [-0.4, -0.2) is 47.4 Å². The lowest BCUT2D eigenvalue weighted by Gasteiger charge is -2.13. The first kappa shape index (κ1) is 17.2. The molecule has 0 radical (unpaired) electrons. The second-order valence-electron chi connectivity index (χ2n) is 4.01. The van der Waals surface area contributed by atoms with E-state index in [1.165, 1.54) is 0 Å². The summed E-state index contributed by atoms with van der Waals surface area (Å²) < 4.78 is 4.64. The number of carboxylic acid groups (broad SMARTS) is 2. The van der Waals surface area contributed by atoms with Gasteiger partial charge < -0.3 is 26.0 Å². The molecule has 19 heavy (non-hydrogen) atoms. The van der Waals surface area contributed by atoms with Gasteiger partial charge in [0.1, 0.15) is 0 Å². The van der Waals surface area contributed by atoms with Gasteiger partial charge in [0.15, 0.2) is 0 Å². The Morgan fingerprint density at radius 3 is 2.37 bits per heavy atom. The van der Waals surface area contributed by atoms with Gasteiger partial charge in [-0.25, -0.2) is 9.59 Å². The van der Waals surface area contributed by atoms with Crippen LogP contribution in [0.2, 0.25) is 0 Å². The predicted molar refractivity (Wildman–Crippen MR) is 64.4 cm³/mol. The molecule has 0 spiro atoms. The predicted octanol–water partition coefficient (Wildman–Crippen LogP) is -0.557. The Hall–Kier alpha value is -1.83. The topological polar surface area (TPSA) is 141 Å². The van der Waals surface area contributed by atoms with E-state index in [0.29, 0.717) is 6.54 Å². The normalized spacial score (nSPS) is 11.6. The SMILES string of the molecule is [NH3+]CCCCCNC(=O)O[C@@H](CCC(=O)O)C(=O)O. The molecule has 0 aromatic heterocycles. The summed E-state index contributed by atoms with van der Waals surface area (Å²) in [6, 6.07) is 0. The van der Waals surface area contributed by atoms with Crippen molar-refractivity contribution in [1.29, 1.82) is 0 Å². The van der Waals surface area contributed by atoms with Gasteiger partial charge in [-0.2, -0.15) is 0 Å². The summed E-state index contributed by atoms with van der Waals surface area (Å²) in [6.07, 6.45) is -0.244. The summed E-state index contributed by atoms with van der Waals surface area (Å²) in [5, 5.41) is 19.6. The molecular weight excluding hydrogens is 256 g/mol. The molecule has 0 bridgehead atoms. The van der Waals surface area contributed by atoms with Crippen molar-refractivity contribution in [3.63, 3.8) is 0 Å². The Balaban J connectivity index is 3.90. The number of aliphatic carboxylic acids is 2. The molecule has 0 aromatic carbocycles. The molecule has 0 unspecified atom stereocenters. The number of quaternary nitrogens is 1. The van der Waals surface area contributed by atoms with Crippen LogP contribution >= 0.6 is 0 Å². The Kier molecular flexibility index (Phi) is 9.15. The molecule has 6 N–H and O–H groups in total. The van der Waals surface area contributed by atoms with E-state index in [0.717, 1.165) is 25.8 Å². The standard InChI is InChI=1S/C11H20N2O6/c12-6-2-1-3-7-13-11(18)19-8(10(16)17)4-5-9(14)15/h8H,1-7,12H2,(H,13,18)(H,14,15)(H,16,17)/p+1/t8-/m0/s1. The smallest absolute Gasteiger partial charge is 0.407 e. The van der Waals surface area contributed by atoms with E-state index in [9.17, 15) is 14.4 Å². The summed E-state index contributed by atoms with van der Waals surface area (Å²) in [5.41, 5.74) is 3.69. The average Bonchev–Trinajstić information content (AvgIpc) is 2.33. The van der Waals surface area contributed by atoms with Crippen LogP contribution in [0.15, 0.2) is 0 Å². The van der Waals surface area contributed by atoms with Gasteiger partial charge in [0.05, 0.1) is 6.54 Å². The number of hydrogen-bond acceptors (Lipinski definition) is 4. The summed E-state index contributed by atoms with van der Waals surface area (Å²) in [7, 11) is 0. The minimum absolute atomic E-state index is 0.250. The van der Waals surface area contributed by atoms with Crippen LogP contribution in [0.3, 0.4) is 0 Å². The van der Waals surface area contributed by atoms with Crippen LogP contribution in [0.5, 0.6) is 0 Å². The maximum Gasteiger partial charge on any atom is 0.407 e. The summed E-state index contributed by atoms with van der Waals surface area (Å²) in [4.78, 5) is 32.4. The van der Waals surface area contributed by atoms with Crippen molar-refractivity contribution in [2.24, 2.45) is 0 Å². The number of unbranched alkanes of at least 4 members (excludes halogenated alkanes) is 2. The van der Waals surface area contributed by atoms with Crippen molar-refractivity contribution >= 4 is 18.0 Å². The van der Waals surface area contributed by atoms with Gasteiger partial charge in [0, 0.05) is 19.4 Å². The molecule has 0 rings (SSSR count). The van der Waals surface area contributed by atoms with E-state index >= 15 is 0 Å². The molecule has 0 aliphatic rings. The maximum absolute atomic E-state index is 11.3. The monoisotopic (exact) mass is 277 g/mol. The van der Waals surface area contributed by atoms with Gasteiger partial charge >= 0.3 is 18.0 Å². The van der Waals surface area contributed by atoms with Crippen molar-refractivity contribution in [3.8, 4) is 0 Å². The number of carbonyl (C=O) groups excluding carboxylic acids is 1. The van der Waals surface area contributed by atoms with Crippen molar-refractivity contribution < 1.29 is 35.1 Å². The fourth-order valence-corrected chi connectivity index (χ4v) is 1.33. The van der Waals surface area contributed by atoms with Crippen molar-refractivity contribution in [3.05, 3.63) is 0 Å². The molecule has 110 valence electrons. The van der Waals surface area contributed by atoms with E-state index in [4.69, 9.17) is 10.2 Å². The minimum Gasteiger partial charge on any atom is -0.481 e. The van der Waals surface area contributed by atoms with Gasteiger partial charge in [-0.1, -0.05) is 0 Å². The lowest BCUT2D eigenvalue weighted by atomic mass is 10.2. The maximum atomic E-state index is 11.3. The van der Waals surface area contributed by atoms with Gasteiger partial charge in [-0.15, -0.1) is 0 Å². The van der Waals surface area contributed by atoms with Crippen LogP contribution in [-0.2, 0) is 14.3 Å². The second kappa shape index (κ2) is 10.1. The fourth-order valence-electron chi connectivity index (χ4n) is 1.33. The summed E-state index contributed by atoms with van der Waals surface area (Å²) >= 11 is 0. The number of nitrogens with one attached hydrogen (secondary N) is 1. The molecule has 8 heteroatoms. The first-order valence-electron chi connectivity index (χ1n) is 6.15. The van der Waals surface area contributed by atoms with Crippen LogP contribution in [0.4, 0.5) is 4.79 Å². The van der Waals surface area contributed by atoms with E-state index in [1.54, 1.807) is 0 Å². The molecule has 0 aliphatic heterocycles. The van der Waals surface area contributed by atoms with E-state index < -0.39 is 24.1 Å². The number of carboxylic acids is 2. The number of carbonyl (C=O) groups is 3. The van der Waals surface area contributed by atoms with Crippen LogP contribution in [0, 0.1) is 0 Å². The first-order valence-corrected chi connectivity index (χ1v) is 6.15. The number of ether oxygens (including phenoxy) is 1. The van der Waals surface area contributed by atoms with Gasteiger partial charge in [-0.05, 0) is 19.3 Å². The largest absolute Gasteiger partial charge is 0.481 e. The van der Waals surface area contributed by atoms with Crippen LogP contribution in [0.1, 0.15) is 32.1 Å². The van der Waals surface area contributed by atoms with E-state index in [2.05, 4.69) is 15.8 Å². The zero-order valence-corrected chi connectivity index (χ0v) is 10.8. The Morgan fingerprint density at radius 2 is 1.84 bits per heavy atom. The average molecular weight is 277 g/mol. The quantitative estimate of drug-likeness (QED) is 0.394.